The number of rotatable bonds is 3. The highest BCUT2D eigenvalue weighted by molar-refractivity contribution is 7.86. The molecule has 104 valence electrons. The topological polar surface area (TPSA) is 75.7 Å². The highest BCUT2D eigenvalue weighted by atomic mass is 32.2. The fraction of sp³-hybridized carbons (Fsp3) is 0.909. The Balaban J connectivity index is 1.81. The molecule has 18 heavy (non-hydrogen) atoms. The van der Waals surface area contributed by atoms with Gasteiger partial charge in [0.1, 0.15) is 0 Å². The predicted molar refractivity (Wildman–Crippen MR) is 66.6 cm³/mol. The Morgan fingerprint density at radius 3 is 2.50 bits per heavy atom. The van der Waals surface area contributed by atoms with Gasteiger partial charge in [-0.1, -0.05) is 0 Å². The highest BCUT2D eigenvalue weighted by Crippen LogP contribution is 2.26. The van der Waals surface area contributed by atoms with Crippen molar-refractivity contribution in [2.75, 3.05) is 25.9 Å². The van der Waals surface area contributed by atoms with Crippen LogP contribution in [-0.2, 0) is 19.1 Å². The number of piperazine rings is 1. The average Bonchev–Trinajstić information content (AvgIpc) is 2.28. The lowest BCUT2D eigenvalue weighted by Gasteiger charge is -2.38. The summed E-state index contributed by atoms with van der Waals surface area (Å²) in [7, 11) is -3.35. The van der Waals surface area contributed by atoms with Crippen LogP contribution in [0.5, 0.6) is 0 Å². The van der Waals surface area contributed by atoms with E-state index in [2.05, 4.69) is 10.2 Å². The van der Waals surface area contributed by atoms with Crippen LogP contribution in [0, 0.1) is 0 Å². The molecule has 0 bridgehead atoms. The molecule has 1 N–H and O–H groups in total. The minimum Gasteiger partial charge on any atom is -0.354 e. The molecule has 0 atom stereocenters. The van der Waals surface area contributed by atoms with Crippen molar-refractivity contribution in [3.8, 4) is 0 Å². The SMILES string of the molecule is CS(=O)(=O)OC1CCC(N2CCNC(=O)C2)CC1. The fourth-order valence-corrected chi connectivity index (χ4v) is 3.41. The van der Waals surface area contributed by atoms with Gasteiger partial charge in [0, 0.05) is 19.1 Å². The van der Waals surface area contributed by atoms with Crippen LogP contribution in [-0.4, -0.2) is 57.3 Å². The highest BCUT2D eigenvalue weighted by Gasteiger charge is 2.30. The molecule has 1 saturated heterocycles. The third kappa shape index (κ3) is 3.93. The maximum atomic E-state index is 11.3. The minimum atomic E-state index is -3.35. The summed E-state index contributed by atoms with van der Waals surface area (Å²) in [6, 6.07) is 0.385. The van der Waals surface area contributed by atoms with E-state index < -0.39 is 10.1 Å². The molecule has 7 heteroatoms. The van der Waals surface area contributed by atoms with E-state index in [0.29, 0.717) is 19.1 Å². The number of amides is 1. The van der Waals surface area contributed by atoms with Crippen molar-refractivity contribution in [2.24, 2.45) is 0 Å². The minimum absolute atomic E-state index is 0.0794. The van der Waals surface area contributed by atoms with Crippen molar-refractivity contribution in [3.63, 3.8) is 0 Å². The molecule has 1 saturated carbocycles. The van der Waals surface area contributed by atoms with Crippen LogP contribution in [0.3, 0.4) is 0 Å². The summed E-state index contributed by atoms with van der Waals surface area (Å²) in [5.74, 6) is 0.0794. The van der Waals surface area contributed by atoms with Crippen LogP contribution >= 0.6 is 0 Å². The van der Waals surface area contributed by atoms with Gasteiger partial charge in [-0.15, -0.1) is 0 Å². The van der Waals surface area contributed by atoms with Gasteiger partial charge in [0.15, 0.2) is 0 Å². The number of hydrogen-bond donors (Lipinski definition) is 1. The Hall–Kier alpha value is -0.660. The second-order valence-corrected chi connectivity index (χ2v) is 6.65. The third-order valence-electron chi connectivity index (χ3n) is 3.54. The molecule has 1 aliphatic heterocycles. The van der Waals surface area contributed by atoms with Crippen molar-refractivity contribution >= 4 is 16.0 Å². The molecule has 2 rings (SSSR count). The number of carbonyl (C=O) groups excluding carboxylic acids is 1. The molecule has 0 unspecified atom stereocenters. The van der Waals surface area contributed by atoms with Crippen LogP contribution in [0.15, 0.2) is 0 Å². The van der Waals surface area contributed by atoms with Crippen LogP contribution < -0.4 is 5.32 Å². The summed E-state index contributed by atoms with van der Waals surface area (Å²) < 4.78 is 27.1. The Bertz CT molecular complexity index is 401. The van der Waals surface area contributed by atoms with Crippen LogP contribution in [0.2, 0.25) is 0 Å². The largest absolute Gasteiger partial charge is 0.354 e. The maximum absolute atomic E-state index is 11.3. The second-order valence-electron chi connectivity index (χ2n) is 5.05. The normalized spacial score (nSPS) is 31.1. The van der Waals surface area contributed by atoms with Gasteiger partial charge in [-0.25, -0.2) is 0 Å². The number of nitrogens with zero attached hydrogens (tertiary/aromatic N) is 1. The first-order valence-electron chi connectivity index (χ1n) is 6.33. The van der Waals surface area contributed by atoms with Gasteiger partial charge in [0.05, 0.1) is 18.9 Å². The molecular weight excluding hydrogens is 256 g/mol. The van der Waals surface area contributed by atoms with Crippen molar-refractivity contribution in [1.82, 2.24) is 10.2 Å². The van der Waals surface area contributed by atoms with E-state index in [0.717, 1.165) is 38.5 Å². The van der Waals surface area contributed by atoms with Crippen molar-refractivity contribution in [1.29, 1.82) is 0 Å². The molecule has 0 aromatic carbocycles. The molecule has 1 amide bonds. The first-order chi connectivity index (χ1) is 8.44. The Labute approximate surface area is 108 Å². The summed E-state index contributed by atoms with van der Waals surface area (Å²) in [5, 5.41) is 2.81. The van der Waals surface area contributed by atoms with Gasteiger partial charge >= 0.3 is 0 Å². The molecule has 1 aliphatic carbocycles. The van der Waals surface area contributed by atoms with Gasteiger partial charge in [0.2, 0.25) is 5.91 Å². The summed E-state index contributed by atoms with van der Waals surface area (Å²) in [6.07, 6.45) is 4.19. The van der Waals surface area contributed by atoms with E-state index in [4.69, 9.17) is 4.18 Å². The lowest BCUT2D eigenvalue weighted by atomic mass is 9.91. The number of nitrogens with one attached hydrogen (secondary N) is 1. The van der Waals surface area contributed by atoms with E-state index in [9.17, 15) is 13.2 Å². The molecule has 0 spiro atoms. The van der Waals surface area contributed by atoms with Gasteiger partial charge in [-0.3, -0.25) is 13.9 Å². The van der Waals surface area contributed by atoms with Crippen LogP contribution in [0.4, 0.5) is 0 Å². The lowest BCUT2D eigenvalue weighted by Crippen LogP contribution is -2.52. The van der Waals surface area contributed by atoms with E-state index in [1.54, 1.807) is 0 Å². The zero-order chi connectivity index (χ0) is 13.2. The van der Waals surface area contributed by atoms with Crippen LogP contribution in [0.1, 0.15) is 25.7 Å². The van der Waals surface area contributed by atoms with E-state index >= 15 is 0 Å². The average molecular weight is 276 g/mol. The van der Waals surface area contributed by atoms with Crippen molar-refractivity contribution < 1.29 is 17.4 Å². The maximum Gasteiger partial charge on any atom is 0.264 e. The first kappa shape index (κ1) is 13.8. The standard InChI is InChI=1S/C11H20N2O4S/c1-18(15,16)17-10-4-2-9(3-5-10)13-7-6-12-11(14)8-13/h9-10H,2-8H2,1H3,(H,12,14). The van der Waals surface area contributed by atoms with Gasteiger partial charge in [-0.2, -0.15) is 8.42 Å². The van der Waals surface area contributed by atoms with Gasteiger partial charge < -0.3 is 5.32 Å². The van der Waals surface area contributed by atoms with E-state index in [-0.39, 0.29) is 12.0 Å². The summed E-state index contributed by atoms with van der Waals surface area (Å²) in [4.78, 5) is 13.5. The summed E-state index contributed by atoms with van der Waals surface area (Å²) >= 11 is 0. The predicted octanol–water partition coefficient (Wildman–Crippen LogP) is -0.294. The van der Waals surface area contributed by atoms with Gasteiger partial charge in [-0.05, 0) is 25.7 Å². The third-order valence-corrected chi connectivity index (χ3v) is 4.16. The van der Waals surface area contributed by atoms with Crippen LogP contribution in [0.25, 0.3) is 0 Å². The second kappa shape index (κ2) is 5.54. The fourth-order valence-electron chi connectivity index (χ4n) is 2.72. The van der Waals surface area contributed by atoms with Crippen molar-refractivity contribution in [2.45, 2.75) is 37.8 Å². The zero-order valence-corrected chi connectivity index (χ0v) is 11.4. The Kier molecular flexibility index (Phi) is 4.24. The number of carbonyl (C=O) groups is 1. The number of hydrogen-bond acceptors (Lipinski definition) is 5. The zero-order valence-electron chi connectivity index (χ0n) is 10.6. The Morgan fingerprint density at radius 2 is 1.94 bits per heavy atom. The molecular formula is C11H20N2O4S. The van der Waals surface area contributed by atoms with Crippen molar-refractivity contribution in [3.05, 3.63) is 0 Å². The Morgan fingerprint density at radius 1 is 1.28 bits per heavy atom. The van der Waals surface area contributed by atoms with Gasteiger partial charge in [0.25, 0.3) is 10.1 Å². The molecule has 1 heterocycles. The molecule has 2 fully saturated rings. The molecule has 0 aromatic heterocycles. The summed E-state index contributed by atoms with van der Waals surface area (Å²) in [6.45, 7) is 2.05. The molecule has 6 nitrogen and oxygen atoms in total. The quantitative estimate of drug-likeness (QED) is 0.717. The van der Waals surface area contributed by atoms with E-state index in [1.165, 1.54) is 0 Å². The monoisotopic (exact) mass is 276 g/mol. The molecule has 0 radical (unpaired) electrons. The lowest BCUT2D eigenvalue weighted by molar-refractivity contribution is -0.125. The van der Waals surface area contributed by atoms with E-state index in [1.807, 2.05) is 0 Å². The first-order valence-corrected chi connectivity index (χ1v) is 8.15. The molecule has 0 aromatic rings. The summed E-state index contributed by atoms with van der Waals surface area (Å²) in [5.41, 5.74) is 0. The smallest absolute Gasteiger partial charge is 0.264 e. The molecule has 2 aliphatic rings.